The lowest BCUT2D eigenvalue weighted by atomic mass is 9.79. The SMILES string of the molecule is CC(C)(C)c1cc2cc(c1)Cc1cc(C(C)(C)C)cc3c1OCCOc1ccc(cc1)CNCCN1CCNCc4ccc(cc4)OCCOc4c(cc(C(C)(C)C)cc4Cc4cc(C(C)(C)C)cc(c4OCCOc4ccc(cc4)CNCC1)C3)C2. The molecule has 0 fully saturated rings. The molecule has 7 heterocycles. The third-order valence-electron chi connectivity index (χ3n) is 17.2. The Labute approximate surface area is 521 Å². The maximum Gasteiger partial charge on any atom is 0.126 e. The van der Waals surface area contributed by atoms with Crippen LogP contribution in [0.25, 0.3) is 0 Å². The normalized spacial score (nSPS) is 16.7. The first-order chi connectivity index (χ1) is 41.6. The third-order valence-corrected chi connectivity index (χ3v) is 17.2. The Bertz CT molecular complexity index is 3240. The second kappa shape index (κ2) is 27.7. The molecule has 10 nitrogen and oxygen atoms in total. The van der Waals surface area contributed by atoms with E-state index in [9.17, 15) is 0 Å². The van der Waals surface area contributed by atoms with Crippen molar-refractivity contribution in [2.45, 2.75) is 150 Å². The van der Waals surface area contributed by atoms with Crippen LogP contribution in [0.15, 0.2) is 127 Å². The van der Waals surface area contributed by atoms with E-state index < -0.39 is 0 Å². The van der Waals surface area contributed by atoms with Gasteiger partial charge in [-0.15, -0.1) is 0 Å². The molecule has 0 spiro atoms. The van der Waals surface area contributed by atoms with E-state index in [1.807, 2.05) is 0 Å². The lowest BCUT2D eigenvalue weighted by molar-refractivity contribution is 0.212. The molecular weight excluding hydrogens is 1080 g/mol. The molecule has 87 heavy (non-hydrogen) atoms. The summed E-state index contributed by atoms with van der Waals surface area (Å²) in [6.07, 6.45) is 2.49. The largest absolute Gasteiger partial charge is 0.490 e. The molecule has 0 amide bonds. The van der Waals surface area contributed by atoms with Crippen molar-refractivity contribution in [3.05, 3.63) is 211 Å². The first kappa shape index (κ1) is 63.2. The monoisotopic (exact) mass is 1170 g/mol. The van der Waals surface area contributed by atoms with Gasteiger partial charge in [0.2, 0.25) is 0 Å². The van der Waals surface area contributed by atoms with Gasteiger partial charge in [0.15, 0.2) is 0 Å². The number of benzene rings is 7. The average Bonchev–Trinajstić information content (AvgIpc) is 1.37. The minimum absolute atomic E-state index is 0.113. The Hall–Kier alpha value is -6.82. The zero-order valence-electron chi connectivity index (χ0n) is 54.5. The van der Waals surface area contributed by atoms with Gasteiger partial charge in [0.05, 0.1) is 0 Å². The number of hydrogen-bond acceptors (Lipinski definition) is 10. The molecular formula is C77H98N4O6. The van der Waals surface area contributed by atoms with Crippen molar-refractivity contribution in [2.75, 3.05) is 78.9 Å². The smallest absolute Gasteiger partial charge is 0.126 e. The maximum atomic E-state index is 7.30. The molecule has 0 radical (unpaired) electrons. The molecule has 7 aliphatic heterocycles. The summed E-state index contributed by atoms with van der Waals surface area (Å²) < 4.78 is 41.3. The lowest BCUT2D eigenvalue weighted by Gasteiger charge is -2.28. The fraction of sp³-hybridized carbons (Fsp3) is 0.455. The molecule has 18 bridgehead atoms. The molecule has 7 aromatic rings. The van der Waals surface area contributed by atoms with Crippen molar-refractivity contribution in [2.24, 2.45) is 0 Å². The predicted octanol–water partition coefficient (Wildman–Crippen LogP) is 14.5. The third kappa shape index (κ3) is 17.3. The predicted molar refractivity (Wildman–Crippen MR) is 356 cm³/mol. The molecule has 10 heteroatoms. The van der Waals surface area contributed by atoms with Crippen molar-refractivity contribution < 1.29 is 28.4 Å². The number of ether oxygens (including phenoxy) is 6. The molecule has 15 rings (SSSR count). The summed E-state index contributed by atoms with van der Waals surface area (Å²) in [5, 5.41) is 11.2. The molecule has 0 aromatic heterocycles. The van der Waals surface area contributed by atoms with Crippen molar-refractivity contribution in [3.63, 3.8) is 0 Å². The van der Waals surface area contributed by atoms with Crippen molar-refractivity contribution >= 4 is 0 Å². The summed E-state index contributed by atoms with van der Waals surface area (Å²) in [7, 11) is 0. The number of nitrogens with one attached hydrogen (secondary N) is 3. The molecule has 7 aromatic carbocycles. The highest BCUT2D eigenvalue weighted by Gasteiger charge is 2.29. The number of nitrogens with zero attached hydrogens (tertiary/aromatic N) is 1. The lowest BCUT2D eigenvalue weighted by Crippen LogP contribution is -2.40. The van der Waals surface area contributed by atoms with E-state index in [0.717, 1.165) is 127 Å². The van der Waals surface area contributed by atoms with Gasteiger partial charge in [-0.3, -0.25) is 4.90 Å². The highest BCUT2D eigenvalue weighted by Crippen LogP contribution is 2.43. The van der Waals surface area contributed by atoms with E-state index in [1.165, 1.54) is 50.1 Å². The second-order valence-corrected chi connectivity index (χ2v) is 28.5. The van der Waals surface area contributed by atoms with E-state index in [2.05, 4.69) is 231 Å². The van der Waals surface area contributed by atoms with Crippen LogP contribution in [0, 0.1) is 0 Å². The minimum Gasteiger partial charge on any atom is -0.490 e. The summed E-state index contributed by atoms with van der Waals surface area (Å²) in [4.78, 5) is 2.54. The summed E-state index contributed by atoms with van der Waals surface area (Å²) >= 11 is 0. The topological polar surface area (TPSA) is 94.7 Å². The van der Waals surface area contributed by atoms with Gasteiger partial charge < -0.3 is 44.4 Å². The molecule has 8 aliphatic rings. The Balaban J connectivity index is 1.17. The molecule has 0 saturated carbocycles. The Morgan fingerprint density at radius 3 is 0.816 bits per heavy atom. The van der Waals surface area contributed by atoms with Crippen LogP contribution < -0.4 is 44.4 Å². The zero-order valence-corrected chi connectivity index (χ0v) is 54.5. The van der Waals surface area contributed by atoms with Crippen molar-refractivity contribution in [1.82, 2.24) is 20.9 Å². The molecule has 1 aliphatic carbocycles. The molecule has 0 unspecified atom stereocenters. The minimum atomic E-state index is -0.194. The number of rotatable bonds is 0. The Kier molecular flexibility index (Phi) is 20.1. The van der Waals surface area contributed by atoms with Crippen LogP contribution in [0.2, 0.25) is 0 Å². The van der Waals surface area contributed by atoms with Crippen LogP contribution in [-0.4, -0.2) is 83.8 Å². The van der Waals surface area contributed by atoms with E-state index in [0.29, 0.717) is 65.3 Å². The highest BCUT2D eigenvalue weighted by molar-refractivity contribution is 5.58. The Morgan fingerprint density at radius 2 is 0.540 bits per heavy atom. The van der Waals surface area contributed by atoms with Gasteiger partial charge in [-0.25, -0.2) is 0 Å². The van der Waals surface area contributed by atoms with Gasteiger partial charge in [-0.05, 0) is 142 Å². The second-order valence-electron chi connectivity index (χ2n) is 28.5. The zero-order chi connectivity index (χ0) is 61.3. The van der Waals surface area contributed by atoms with E-state index >= 15 is 0 Å². The van der Waals surface area contributed by atoms with Crippen LogP contribution in [0.3, 0.4) is 0 Å². The van der Waals surface area contributed by atoms with Gasteiger partial charge in [-0.2, -0.15) is 0 Å². The summed E-state index contributed by atoms with van der Waals surface area (Å²) in [6, 6.07) is 47.2. The van der Waals surface area contributed by atoms with Crippen LogP contribution >= 0.6 is 0 Å². The van der Waals surface area contributed by atoms with Crippen LogP contribution in [0.4, 0.5) is 0 Å². The first-order valence-corrected chi connectivity index (χ1v) is 32.1. The molecule has 0 atom stereocenters. The summed E-state index contributed by atoms with van der Waals surface area (Å²) in [5.74, 6) is 5.14. The highest BCUT2D eigenvalue weighted by atomic mass is 16.5. The van der Waals surface area contributed by atoms with Gasteiger partial charge >= 0.3 is 0 Å². The van der Waals surface area contributed by atoms with Gasteiger partial charge in [-0.1, -0.05) is 174 Å². The van der Waals surface area contributed by atoms with Gasteiger partial charge in [0.25, 0.3) is 0 Å². The van der Waals surface area contributed by atoms with Gasteiger partial charge in [0, 0.05) is 84.6 Å². The standard InChI is InChI=1S/C77H98N4O6/c1-74(2,3)64-40-56-37-57(41-64)39-59-45-66(76(7,8)9)47-61-43-63-49-67(77(10,11)12)48-62-42-60-46-65(75(4,5)6)44-58(38-56)71(60)85-34-31-82-68-19-13-53(14-20-68)50-78-25-28-81(29-26-79-51-54-15-21-69(22-16-54)83-32-35-86-72(59)61)30-27-80-52-55-17-23-70(24-18-55)84-33-36-87-73(62)63/h13-24,37,40-41,44-49,78-80H,25-36,38-39,42-43,50-52H2,1-12H3. The summed E-state index contributed by atoms with van der Waals surface area (Å²) in [5.41, 5.74) is 17.3. The van der Waals surface area contributed by atoms with E-state index in [4.69, 9.17) is 28.4 Å². The van der Waals surface area contributed by atoms with E-state index in [-0.39, 0.29) is 21.7 Å². The van der Waals surface area contributed by atoms with E-state index in [1.54, 1.807) is 0 Å². The summed E-state index contributed by atoms with van der Waals surface area (Å²) in [6.45, 7) is 37.8. The fourth-order valence-electron chi connectivity index (χ4n) is 11.9. The first-order valence-electron chi connectivity index (χ1n) is 32.1. The van der Waals surface area contributed by atoms with Crippen LogP contribution in [0.1, 0.15) is 167 Å². The van der Waals surface area contributed by atoms with Crippen LogP contribution in [0.5, 0.6) is 34.5 Å². The van der Waals surface area contributed by atoms with Crippen molar-refractivity contribution in [3.8, 4) is 34.5 Å². The average molecular weight is 1180 g/mol. The van der Waals surface area contributed by atoms with Crippen molar-refractivity contribution in [1.29, 1.82) is 0 Å². The van der Waals surface area contributed by atoms with Gasteiger partial charge in [0.1, 0.15) is 74.1 Å². The molecule has 0 saturated heterocycles. The van der Waals surface area contributed by atoms with Crippen LogP contribution in [-0.2, 0) is 67.0 Å². The quantitative estimate of drug-likeness (QED) is 0.136. The fourth-order valence-corrected chi connectivity index (χ4v) is 11.9. The molecule has 462 valence electrons. The maximum absolute atomic E-state index is 7.30. The molecule has 3 N–H and O–H groups in total. The number of hydrogen-bond donors (Lipinski definition) is 3. The number of fused-ring (bicyclic) bond motifs is 3. The Morgan fingerprint density at radius 1 is 0.287 bits per heavy atom.